The molecule has 0 spiro atoms. The Labute approximate surface area is 96.0 Å². The summed E-state index contributed by atoms with van der Waals surface area (Å²) in [5, 5.41) is 0. The molecular weight excluding hydrogens is 202 g/mol. The van der Waals surface area contributed by atoms with E-state index in [1.807, 2.05) is 26.1 Å². The summed E-state index contributed by atoms with van der Waals surface area (Å²) in [5.41, 5.74) is 2.57. The zero-order valence-electron chi connectivity index (χ0n) is 9.77. The first-order chi connectivity index (χ1) is 7.72. The fourth-order valence-electron chi connectivity index (χ4n) is 2.16. The van der Waals surface area contributed by atoms with Gasteiger partial charge in [-0.1, -0.05) is 24.3 Å². The predicted molar refractivity (Wildman–Crippen MR) is 62.0 cm³/mol. The maximum absolute atomic E-state index is 11.8. The summed E-state index contributed by atoms with van der Waals surface area (Å²) < 4.78 is 5.09. The molecule has 0 aliphatic carbocycles. The molecule has 3 nitrogen and oxygen atoms in total. The number of likely N-dealkylation sites (N-methyl/N-ethyl adjacent to an activating group) is 1. The highest BCUT2D eigenvalue weighted by atomic mass is 16.5. The van der Waals surface area contributed by atoms with E-state index < -0.39 is 0 Å². The molecular formula is C13H17NO2. The highest BCUT2D eigenvalue weighted by molar-refractivity contribution is 5.76. The van der Waals surface area contributed by atoms with E-state index in [0.29, 0.717) is 6.61 Å². The molecule has 1 aromatic rings. The molecule has 86 valence electrons. The first kappa shape index (κ1) is 11.1. The van der Waals surface area contributed by atoms with Gasteiger partial charge in [-0.25, -0.2) is 0 Å². The number of nitrogens with zero attached hydrogens (tertiary/aromatic N) is 1. The van der Waals surface area contributed by atoms with Crippen LogP contribution in [0, 0.1) is 0 Å². The fraction of sp³-hybridized carbons (Fsp3) is 0.462. The minimum Gasteiger partial charge on any atom is -0.465 e. The average Bonchev–Trinajstić information content (AvgIpc) is 2.28. The third-order valence-electron chi connectivity index (χ3n) is 3.04. The summed E-state index contributed by atoms with van der Waals surface area (Å²) >= 11 is 0. The number of fused-ring (bicyclic) bond motifs is 1. The minimum atomic E-state index is -0.130. The van der Waals surface area contributed by atoms with Crippen molar-refractivity contribution >= 4 is 5.97 Å². The van der Waals surface area contributed by atoms with E-state index in [2.05, 4.69) is 17.0 Å². The molecule has 2 rings (SSSR count). The molecule has 1 aromatic carbocycles. The Morgan fingerprint density at radius 1 is 1.44 bits per heavy atom. The standard InChI is InChI=1S/C13H17NO2/c1-3-16-13(15)12-8-10-6-4-5-7-11(10)9-14(12)2/h4-7,12H,3,8-9H2,1-2H3. The number of carbonyl (C=O) groups excluding carboxylic acids is 1. The first-order valence-electron chi connectivity index (χ1n) is 5.66. The van der Waals surface area contributed by atoms with Gasteiger partial charge >= 0.3 is 5.97 Å². The van der Waals surface area contributed by atoms with Crippen molar-refractivity contribution in [1.29, 1.82) is 0 Å². The molecule has 1 aliphatic heterocycles. The monoisotopic (exact) mass is 219 g/mol. The summed E-state index contributed by atoms with van der Waals surface area (Å²) in [6.45, 7) is 3.11. The van der Waals surface area contributed by atoms with Gasteiger partial charge in [0.1, 0.15) is 6.04 Å². The fourth-order valence-corrected chi connectivity index (χ4v) is 2.16. The van der Waals surface area contributed by atoms with E-state index in [4.69, 9.17) is 4.74 Å². The van der Waals surface area contributed by atoms with Crippen LogP contribution in [0.4, 0.5) is 0 Å². The molecule has 0 radical (unpaired) electrons. The molecule has 1 unspecified atom stereocenters. The molecule has 0 aromatic heterocycles. The van der Waals surface area contributed by atoms with E-state index in [0.717, 1.165) is 13.0 Å². The van der Waals surface area contributed by atoms with Crippen LogP contribution in [0.2, 0.25) is 0 Å². The number of hydrogen-bond acceptors (Lipinski definition) is 3. The highest BCUT2D eigenvalue weighted by Gasteiger charge is 2.29. The summed E-state index contributed by atoms with van der Waals surface area (Å²) in [7, 11) is 1.97. The molecule has 1 heterocycles. The van der Waals surface area contributed by atoms with Gasteiger partial charge in [-0.15, -0.1) is 0 Å². The second kappa shape index (κ2) is 4.66. The molecule has 0 saturated heterocycles. The lowest BCUT2D eigenvalue weighted by atomic mass is 9.94. The summed E-state index contributed by atoms with van der Waals surface area (Å²) in [6, 6.07) is 8.14. The van der Waals surface area contributed by atoms with Gasteiger partial charge in [0.25, 0.3) is 0 Å². The Morgan fingerprint density at radius 3 is 2.81 bits per heavy atom. The summed E-state index contributed by atoms with van der Waals surface area (Å²) in [6.07, 6.45) is 0.755. The third-order valence-corrected chi connectivity index (χ3v) is 3.04. The van der Waals surface area contributed by atoms with Gasteiger partial charge in [0.15, 0.2) is 0 Å². The van der Waals surface area contributed by atoms with Crippen molar-refractivity contribution in [2.45, 2.75) is 25.9 Å². The van der Waals surface area contributed by atoms with E-state index in [1.54, 1.807) is 0 Å². The van der Waals surface area contributed by atoms with E-state index in [9.17, 15) is 4.79 Å². The van der Waals surface area contributed by atoms with E-state index in [1.165, 1.54) is 11.1 Å². The molecule has 16 heavy (non-hydrogen) atoms. The third kappa shape index (κ3) is 2.09. The van der Waals surface area contributed by atoms with Crippen molar-refractivity contribution in [2.24, 2.45) is 0 Å². The lowest BCUT2D eigenvalue weighted by molar-refractivity contribution is -0.149. The predicted octanol–water partition coefficient (Wildman–Crippen LogP) is 1.61. The Bertz CT molecular complexity index is 389. The van der Waals surface area contributed by atoms with Crippen LogP contribution in [0.3, 0.4) is 0 Å². The van der Waals surface area contributed by atoms with Crippen LogP contribution in [-0.4, -0.2) is 30.6 Å². The Hall–Kier alpha value is -1.35. The molecule has 0 amide bonds. The zero-order chi connectivity index (χ0) is 11.5. The van der Waals surface area contributed by atoms with Gasteiger partial charge in [-0.05, 0) is 31.5 Å². The minimum absolute atomic E-state index is 0.112. The first-order valence-corrected chi connectivity index (χ1v) is 5.66. The SMILES string of the molecule is CCOC(=O)C1Cc2ccccc2CN1C. The maximum Gasteiger partial charge on any atom is 0.323 e. The van der Waals surface area contributed by atoms with Crippen LogP contribution in [0.5, 0.6) is 0 Å². The van der Waals surface area contributed by atoms with Gasteiger partial charge < -0.3 is 4.74 Å². The van der Waals surface area contributed by atoms with Crippen LogP contribution in [0.15, 0.2) is 24.3 Å². The summed E-state index contributed by atoms with van der Waals surface area (Å²) in [5.74, 6) is -0.112. The van der Waals surface area contributed by atoms with E-state index >= 15 is 0 Å². The number of hydrogen-bond donors (Lipinski definition) is 0. The van der Waals surface area contributed by atoms with Crippen molar-refractivity contribution in [1.82, 2.24) is 4.90 Å². The molecule has 0 N–H and O–H groups in total. The van der Waals surface area contributed by atoms with Gasteiger partial charge in [0, 0.05) is 6.54 Å². The van der Waals surface area contributed by atoms with Gasteiger partial charge in [0.05, 0.1) is 6.61 Å². The normalized spacial score (nSPS) is 20.2. The number of carbonyl (C=O) groups is 1. The van der Waals surface area contributed by atoms with Crippen molar-refractivity contribution in [2.75, 3.05) is 13.7 Å². The lowest BCUT2D eigenvalue weighted by Gasteiger charge is -2.32. The number of benzene rings is 1. The number of esters is 1. The second-order valence-corrected chi connectivity index (χ2v) is 4.16. The quantitative estimate of drug-likeness (QED) is 0.708. The van der Waals surface area contributed by atoms with Crippen molar-refractivity contribution in [3.63, 3.8) is 0 Å². The van der Waals surface area contributed by atoms with Crippen molar-refractivity contribution < 1.29 is 9.53 Å². The number of rotatable bonds is 2. The van der Waals surface area contributed by atoms with Crippen LogP contribution in [-0.2, 0) is 22.5 Å². The largest absolute Gasteiger partial charge is 0.465 e. The molecule has 1 atom stereocenters. The molecule has 0 fully saturated rings. The van der Waals surface area contributed by atoms with Gasteiger partial charge in [-0.3, -0.25) is 9.69 Å². The summed E-state index contributed by atoms with van der Waals surface area (Å²) in [4.78, 5) is 13.8. The van der Waals surface area contributed by atoms with Crippen LogP contribution >= 0.6 is 0 Å². The lowest BCUT2D eigenvalue weighted by Crippen LogP contribution is -2.44. The van der Waals surface area contributed by atoms with Crippen LogP contribution < -0.4 is 0 Å². The van der Waals surface area contributed by atoms with Crippen molar-refractivity contribution in [3.05, 3.63) is 35.4 Å². The molecule has 1 aliphatic rings. The Balaban J connectivity index is 2.18. The Morgan fingerprint density at radius 2 is 2.12 bits per heavy atom. The van der Waals surface area contributed by atoms with Gasteiger partial charge in [-0.2, -0.15) is 0 Å². The molecule has 0 saturated carbocycles. The number of ether oxygens (including phenoxy) is 1. The van der Waals surface area contributed by atoms with Crippen molar-refractivity contribution in [3.8, 4) is 0 Å². The smallest absolute Gasteiger partial charge is 0.323 e. The van der Waals surface area contributed by atoms with Crippen LogP contribution in [0.1, 0.15) is 18.1 Å². The average molecular weight is 219 g/mol. The maximum atomic E-state index is 11.8. The Kier molecular flexibility index (Phi) is 3.25. The topological polar surface area (TPSA) is 29.5 Å². The molecule has 0 bridgehead atoms. The molecule has 3 heteroatoms. The second-order valence-electron chi connectivity index (χ2n) is 4.16. The zero-order valence-corrected chi connectivity index (χ0v) is 9.77. The van der Waals surface area contributed by atoms with Crippen LogP contribution in [0.25, 0.3) is 0 Å². The highest BCUT2D eigenvalue weighted by Crippen LogP contribution is 2.22. The van der Waals surface area contributed by atoms with Gasteiger partial charge in [0.2, 0.25) is 0 Å². The van der Waals surface area contributed by atoms with E-state index in [-0.39, 0.29) is 12.0 Å².